The second-order valence-electron chi connectivity index (χ2n) is 10.1. The van der Waals surface area contributed by atoms with Crippen LogP contribution in [0.4, 0.5) is 0 Å². The zero-order valence-electron chi connectivity index (χ0n) is 21.8. The predicted molar refractivity (Wildman–Crippen MR) is 145 cm³/mol. The molecule has 4 rings (SSSR count). The van der Waals surface area contributed by atoms with Gasteiger partial charge in [-0.1, -0.05) is 61.2 Å². The second kappa shape index (κ2) is 13.6. The summed E-state index contributed by atoms with van der Waals surface area (Å²) < 4.78 is 11.4. The van der Waals surface area contributed by atoms with Crippen molar-refractivity contribution >= 4 is 5.91 Å². The number of ether oxygens (including phenoxy) is 2. The van der Waals surface area contributed by atoms with Crippen molar-refractivity contribution in [3.8, 4) is 5.75 Å². The van der Waals surface area contributed by atoms with E-state index < -0.39 is 0 Å². The van der Waals surface area contributed by atoms with E-state index in [1.165, 1.54) is 11.1 Å². The Morgan fingerprint density at radius 1 is 1.08 bits per heavy atom. The fourth-order valence-electron chi connectivity index (χ4n) is 5.78. The molecule has 0 unspecified atom stereocenters. The fraction of sp³-hybridized carbons (Fsp3) is 0.516. The van der Waals surface area contributed by atoms with Crippen LogP contribution in [0, 0.1) is 11.8 Å². The highest BCUT2D eigenvalue weighted by molar-refractivity contribution is 5.79. The fourth-order valence-corrected chi connectivity index (χ4v) is 5.78. The van der Waals surface area contributed by atoms with Gasteiger partial charge in [-0.2, -0.15) is 0 Å². The summed E-state index contributed by atoms with van der Waals surface area (Å²) in [6.45, 7) is 11.6. The van der Waals surface area contributed by atoms with E-state index in [1.807, 2.05) is 12.1 Å². The van der Waals surface area contributed by atoms with Crippen molar-refractivity contribution in [2.75, 3.05) is 39.5 Å². The largest absolute Gasteiger partial charge is 0.489 e. The van der Waals surface area contributed by atoms with Crippen LogP contribution in [0.15, 0.2) is 67.3 Å². The number of hydrogen-bond donors (Lipinski definition) is 0. The van der Waals surface area contributed by atoms with Crippen LogP contribution in [0.2, 0.25) is 0 Å². The van der Waals surface area contributed by atoms with Gasteiger partial charge in [0.15, 0.2) is 0 Å². The van der Waals surface area contributed by atoms with Crippen LogP contribution in [0.1, 0.15) is 43.7 Å². The molecule has 2 aromatic carbocycles. The average molecular weight is 491 g/mol. The monoisotopic (exact) mass is 490 g/mol. The van der Waals surface area contributed by atoms with E-state index >= 15 is 0 Å². The zero-order valence-corrected chi connectivity index (χ0v) is 21.8. The Labute approximate surface area is 217 Å². The Balaban J connectivity index is 1.44. The zero-order chi connectivity index (χ0) is 25.2. The number of likely N-dealkylation sites (tertiary alicyclic amines) is 1. The lowest BCUT2D eigenvalue weighted by atomic mass is 9.83. The van der Waals surface area contributed by atoms with Crippen molar-refractivity contribution in [3.05, 3.63) is 78.4 Å². The first kappa shape index (κ1) is 26.4. The van der Waals surface area contributed by atoms with Crippen LogP contribution in [0.25, 0.3) is 0 Å². The molecule has 0 N–H and O–H groups in total. The molecule has 0 radical (unpaired) electrons. The molecule has 1 amide bonds. The molecule has 0 aliphatic carbocycles. The van der Waals surface area contributed by atoms with Crippen molar-refractivity contribution in [3.63, 3.8) is 0 Å². The Morgan fingerprint density at radius 2 is 1.78 bits per heavy atom. The molecule has 2 saturated heterocycles. The molecule has 2 aliphatic heterocycles. The smallest absolute Gasteiger partial charge is 0.226 e. The molecule has 0 spiro atoms. The van der Waals surface area contributed by atoms with Crippen LogP contribution in [0.3, 0.4) is 0 Å². The molecule has 2 aliphatic rings. The predicted octanol–water partition coefficient (Wildman–Crippen LogP) is 5.35. The Bertz CT molecular complexity index is 949. The molecular weight excluding hydrogens is 448 g/mol. The number of hydrogen-bond acceptors (Lipinski definition) is 4. The summed E-state index contributed by atoms with van der Waals surface area (Å²) in [5.41, 5.74) is 2.54. The average Bonchev–Trinajstić information content (AvgIpc) is 2.94. The second-order valence-corrected chi connectivity index (χ2v) is 10.1. The number of rotatable bonds is 11. The van der Waals surface area contributed by atoms with Crippen LogP contribution in [-0.4, -0.2) is 61.2 Å². The maximum Gasteiger partial charge on any atom is 0.226 e. The van der Waals surface area contributed by atoms with Gasteiger partial charge in [0.05, 0.1) is 0 Å². The van der Waals surface area contributed by atoms with Crippen LogP contribution < -0.4 is 4.74 Å². The van der Waals surface area contributed by atoms with Crippen molar-refractivity contribution in [1.82, 2.24) is 9.80 Å². The summed E-state index contributed by atoms with van der Waals surface area (Å²) in [5, 5.41) is 0. The van der Waals surface area contributed by atoms with Gasteiger partial charge in [-0.3, -0.25) is 9.69 Å². The van der Waals surface area contributed by atoms with E-state index in [0.717, 1.165) is 64.0 Å². The first-order valence-electron chi connectivity index (χ1n) is 13.7. The summed E-state index contributed by atoms with van der Waals surface area (Å²) in [4.78, 5) is 18.4. The number of benzene rings is 2. The lowest BCUT2D eigenvalue weighted by Gasteiger charge is -2.42. The first-order valence-corrected chi connectivity index (χ1v) is 13.7. The first-order chi connectivity index (χ1) is 17.7. The number of carbonyl (C=O) groups is 1. The van der Waals surface area contributed by atoms with Crippen molar-refractivity contribution in [1.29, 1.82) is 0 Å². The number of likely N-dealkylation sites (N-methyl/N-ethyl adjacent to an activating group) is 1. The molecular formula is C31H42N2O3. The van der Waals surface area contributed by atoms with E-state index in [1.54, 1.807) is 6.08 Å². The van der Waals surface area contributed by atoms with E-state index in [9.17, 15) is 4.79 Å². The maximum atomic E-state index is 13.7. The summed E-state index contributed by atoms with van der Waals surface area (Å²) in [6, 6.07) is 19.2. The molecule has 0 saturated carbocycles. The van der Waals surface area contributed by atoms with Gasteiger partial charge in [0.2, 0.25) is 5.91 Å². The van der Waals surface area contributed by atoms with Gasteiger partial charge in [-0.25, -0.2) is 0 Å². The van der Waals surface area contributed by atoms with Crippen molar-refractivity contribution in [2.45, 2.75) is 51.6 Å². The minimum absolute atomic E-state index is 0.101. The third-order valence-electron chi connectivity index (χ3n) is 7.78. The number of piperidine rings is 1. The van der Waals surface area contributed by atoms with E-state index in [2.05, 4.69) is 65.8 Å². The van der Waals surface area contributed by atoms with Crippen LogP contribution >= 0.6 is 0 Å². The third kappa shape index (κ3) is 6.98. The lowest BCUT2D eigenvalue weighted by Crippen LogP contribution is -2.51. The molecule has 0 aromatic heterocycles. The molecule has 2 fully saturated rings. The molecule has 194 valence electrons. The Hall–Kier alpha value is -2.63. The highest BCUT2D eigenvalue weighted by Crippen LogP contribution is 2.31. The van der Waals surface area contributed by atoms with Gasteiger partial charge in [0, 0.05) is 43.8 Å². The number of nitrogens with zero attached hydrogens (tertiary/aromatic N) is 2. The number of amides is 1. The molecule has 36 heavy (non-hydrogen) atoms. The van der Waals surface area contributed by atoms with E-state index in [-0.39, 0.29) is 12.0 Å². The maximum absolute atomic E-state index is 13.7. The molecule has 0 bridgehead atoms. The van der Waals surface area contributed by atoms with Gasteiger partial charge < -0.3 is 14.4 Å². The highest BCUT2D eigenvalue weighted by atomic mass is 16.5. The number of para-hydroxylation sites is 1. The lowest BCUT2D eigenvalue weighted by molar-refractivity contribution is -0.142. The molecule has 2 aromatic rings. The van der Waals surface area contributed by atoms with E-state index in [4.69, 9.17) is 9.47 Å². The van der Waals surface area contributed by atoms with Crippen molar-refractivity contribution < 1.29 is 14.3 Å². The van der Waals surface area contributed by atoms with Crippen LogP contribution in [-0.2, 0) is 22.5 Å². The van der Waals surface area contributed by atoms with Gasteiger partial charge in [-0.15, -0.1) is 0 Å². The summed E-state index contributed by atoms with van der Waals surface area (Å²) in [6.07, 6.45) is 6.61. The molecule has 2 heterocycles. The topological polar surface area (TPSA) is 42.0 Å². The summed E-state index contributed by atoms with van der Waals surface area (Å²) in [5.74, 6) is 1.87. The number of carbonyl (C=O) groups excluding carboxylic acids is 1. The molecule has 1 atom stereocenters. The minimum Gasteiger partial charge on any atom is -0.489 e. The quantitative estimate of drug-likeness (QED) is 0.398. The standard InChI is InChI=1S/C31H42N2O3/c1-3-20-36-30-13-9-8-12-28(30)24-32-18-14-26(15-19-32)29(23-25-10-6-5-7-11-25)33(4-2)31(34)27-16-21-35-22-17-27/h3,5-13,26-27,29H,1,4,14-24H2,2H3/t29-/m0/s1. The SMILES string of the molecule is C=CCOc1ccccc1CN1CCC([C@H](Cc2ccccc2)N(CC)C(=O)C2CCOCC2)CC1. The van der Waals surface area contributed by atoms with Gasteiger partial charge in [0.25, 0.3) is 0 Å². The van der Waals surface area contributed by atoms with Crippen molar-refractivity contribution in [2.24, 2.45) is 11.8 Å². The van der Waals surface area contributed by atoms with Gasteiger partial charge >= 0.3 is 0 Å². The van der Waals surface area contributed by atoms with Gasteiger partial charge in [0.1, 0.15) is 12.4 Å². The minimum atomic E-state index is 0.101. The summed E-state index contributed by atoms with van der Waals surface area (Å²) >= 11 is 0. The molecule has 5 nitrogen and oxygen atoms in total. The van der Waals surface area contributed by atoms with E-state index in [0.29, 0.717) is 31.6 Å². The Kier molecular flexibility index (Phi) is 10.00. The highest BCUT2D eigenvalue weighted by Gasteiger charge is 2.35. The normalized spacial score (nSPS) is 18.5. The summed E-state index contributed by atoms with van der Waals surface area (Å²) in [7, 11) is 0. The third-order valence-corrected chi connectivity index (χ3v) is 7.78. The Morgan fingerprint density at radius 3 is 2.47 bits per heavy atom. The molecule has 5 heteroatoms. The van der Waals surface area contributed by atoms with Gasteiger partial charge in [-0.05, 0) is 69.7 Å². The van der Waals surface area contributed by atoms with Crippen LogP contribution in [0.5, 0.6) is 5.75 Å².